The summed E-state index contributed by atoms with van der Waals surface area (Å²) in [6.45, 7) is 1.86. The number of rotatable bonds is 2. The van der Waals surface area contributed by atoms with Crippen molar-refractivity contribution in [1.82, 2.24) is 14.6 Å². The van der Waals surface area contributed by atoms with E-state index in [0.29, 0.717) is 21.9 Å². The normalized spacial score (nSPS) is 11.2. The molecular formula is C19H13ClFN3O. The van der Waals surface area contributed by atoms with Crippen molar-refractivity contribution in [3.63, 3.8) is 0 Å². The van der Waals surface area contributed by atoms with Crippen molar-refractivity contribution in [1.29, 1.82) is 0 Å². The molecule has 2 aromatic heterocycles. The van der Waals surface area contributed by atoms with Gasteiger partial charge in [-0.2, -0.15) is 0 Å². The van der Waals surface area contributed by atoms with Crippen molar-refractivity contribution in [2.75, 3.05) is 0 Å². The van der Waals surface area contributed by atoms with Gasteiger partial charge in [0.2, 0.25) is 0 Å². The van der Waals surface area contributed by atoms with Gasteiger partial charge in [-0.1, -0.05) is 35.9 Å². The van der Waals surface area contributed by atoms with Crippen LogP contribution in [0.5, 0.6) is 0 Å². The van der Waals surface area contributed by atoms with Crippen LogP contribution < -0.4 is 5.56 Å². The molecule has 0 aliphatic heterocycles. The molecule has 1 N–H and O–H groups in total. The average Bonchev–Trinajstić information content (AvgIpc) is 2.93. The average molecular weight is 354 g/mol. The van der Waals surface area contributed by atoms with Gasteiger partial charge in [0, 0.05) is 27.9 Å². The molecule has 25 heavy (non-hydrogen) atoms. The Kier molecular flexibility index (Phi) is 3.66. The van der Waals surface area contributed by atoms with Gasteiger partial charge in [0.25, 0.3) is 5.56 Å². The molecular weight excluding hydrogens is 341 g/mol. The molecule has 0 fully saturated rings. The summed E-state index contributed by atoms with van der Waals surface area (Å²) in [6, 6.07) is 14.9. The highest BCUT2D eigenvalue weighted by Crippen LogP contribution is 2.29. The Balaban J connectivity index is 2.02. The van der Waals surface area contributed by atoms with Gasteiger partial charge in [0.05, 0.1) is 5.69 Å². The number of hydrogen-bond acceptors (Lipinski definition) is 2. The quantitative estimate of drug-likeness (QED) is 0.578. The van der Waals surface area contributed by atoms with Crippen LogP contribution in [0.15, 0.2) is 59.4 Å². The molecule has 6 heteroatoms. The van der Waals surface area contributed by atoms with Crippen molar-refractivity contribution in [2.24, 2.45) is 0 Å². The van der Waals surface area contributed by atoms with E-state index < -0.39 is 5.82 Å². The Hall–Kier alpha value is -2.92. The van der Waals surface area contributed by atoms with E-state index in [1.807, 2.05) is 19.1 Å². The second-order valence-electron chi connectivity index (χ2n) is 5.74. The van der Waals surface area contributed by atoms with Gasteiger partial charge in [-0.3, -0.25) is 9.89 Å². The fourth-order valence-electron chi connectivity index (χ4n) is 2.92. The second kappa shape index (κ2) is 5.86. The van der Waals surface area contributed by atoms with E-state index in [9.17, 15) is 9.18 Å². The van der Waals surface area contributed by atoms with Crippen LogP contribution in [-0.4, -0.2) is 14.6 Å². The maximum Gasteiger partial charge on any atom is 0.273 e. The van der Waals surface area contributed by atoms with Gasteiger partial charge in [-0.25, -0.2) is 13.9 Å². The van der Waals surface area contributed by atoms with Crippen molar-refractivity contribution in [3.05, 3.63) is 81.5 Å². The summed E-state index contributed by atoms with van der Waals surface area (Å²) in [5, 5.41) is 3.64. The van der Waals surface area contributed by atoms with Crippen LogP contribution in [-0.2, 0) is 0 Å². The molecule has 0 atom stereocenters. The van der Waals surface area contributed by atoms with Crippen LogP contribution in [0, 0.1) is 12.7 Å². The van der Waals surface area contributed by atoms with Crippen LogP contribution in [0.25, 0.3) is 28.0 Å². The molecule has 0 saturated heterocycles. The molecule has 4 aromatic rings. The lowest BCUT2D eigenvalue weighted by atomic mass is 10.1. The predicted molar refractivity (Wildman–Crippen MR) is 96.4 cm³/mol. The number of benzene rings is 2. The Labute approximate surface area is 147 Å². The molecule has 2 aromatic carbocycles. The lowest BCUT2D eigenvalue weighted by molar-refractivity contribution is 0.630. The molecule has 0 saturated carbocycles. The number of fused-ring (bicyclic) bond motifs is 1. The highest BCUT2D eigenvalue weighted by Gasteiger charge is 2.16. The Morgan fingerprint density at radius 2 is 1.84 bits per heavy atom. The fraction of sp³-hybridized carbons (Fsp3) is 0.0526. The van der Waals surface area contributed by atoms with E-state index in [0.717, 1.165) is 16.8 Å². The number of aryl methyl sites for hydroxylation is 1. The minimum absolute atomic E-state index is 0.294. The molecule has 124 valence electrons. The minimum Gasteiger partial charge on any atom is -0.293 e. The standard InChI is InChI=1S/C19H13ClFN3O/c1-11-18(12-6-8-13(20)9-7-12)19-22-16(10-17(25)24(19)23-11)14-4-2-3-5-15(14)21/h2-10,23H,1H3. The highest BCUT2D eigenvalue weighted by atomic mass is 35.5. The third-order valence-corrected chi connectivity index (χ3v) is 4.33. The SMILES string of the molecule is Cc1[nH]n2c(=O)cc(-c3ccccc3F)nc2c1-c1ccc(Cl)cc1. The van der Waals surface area contributed by atoms with Crippen LogP contribution in [0.3, 0.4) is 0 Å². The van der Waals surface area contributed by atoms with E-state index in [1.165, 1.54) is 16.6 Å². The lowest BCUT2D eigenvalue weighted by Crippen LogP contribution is -2.14. The summed E-state index contributed by atoms with van der Waals surface area (Å²) in [6.07, 6.45) is 0. The van der Waals surface area contributed by atoms with Crippen molar-refractivity contribution >= 4 is 17.2 Å². The Morgan fingerprint density at radius 1 is 1.12 bits per heavy atom. The molecule has 0 unspecified atom stereocenters. The number of aromatic amines is 1. The molecule has 0 radical (unpaired) electrons. The summed E-state index contributed by atoms with van der Waals surface area (Å²) < 4.78 is 15.5. The summed E-state index contributed by atoms with van der Waals surface area (Å²) in [7, 11) is 0. The van der Waals surface area contributed by atoms with E-state index in [4.69, 9.17) is 11.6 Å². The van der Waals surface area contributed by atoms with Crippen LogP contribution in [0.2, 0.25) is 5.02 Å². The molecule has 4 rings (SSSR count). The number of H-pyrrole nitrogens is 1. The van der Waals surface area contributed by atoms with Gasteiger partial charge in [-0.15, -0.1) is 0 Å². The molecule has 0 bridgehead atoms. The van der Waals surface area contributed by atoms with Crippen LogP contribution in [0.4, 0.5) is 4.39 Å². The van der Waals surface area contributed by atoms with Crippen molar-refractivity contribution < 1.29 is 4.39 Å². The van der Waals surface area contributed by atoms with Crippen molar-refractivity contribution in [3.8, 4) is 22.4 Å². The number of nitrogens with one attached hydrogen (secondary N) is 1. The summed E-state index contributed by atoms with van der Waals surface area (Å²) >= 11 is 5.96. The zero-order valence-corrected chi connectivity index (χ0v) is 14.0. The summed E-state index contributed by atoms with van der Waals surface area (Å²) in [4.78, 5) is 17.0. The predicted octanol–water partition coefficient (Wildman–Crippen LogP) is 4.46. The first-order valence-corrected chi connectivity index (χ1v) is 8.05. The second-order valence-corrected chi connectivity index (χ2v) is 6.17. The smallest absolute Gasteiger partial charge is 0.273 e. The minimum atomic E-state index is -0.418. The fourth-order valence-corrected chi connectivity index (χ4v) is 3.04. The van der Waals surface area contributed by atoms with E-state index in [1.54, 1.807) is 30.3 Å². The zero-order chi connectivity index (χ0) is 17.6. The molecule has 4 nitrogen and oxygen atoms in total. The molecule has 0 spiro atoms. The zero-order valence-electron chi connectivity index (χ0n) is 13.3. The highest BCUT2D eigenvalue weighted by molar-refractivity contribution is 6.30. The van der Waals surface area contributed by atoms with E-state index in [-0.39, 0.29) is 5.56 Å². The molecule has 0 aliphatic carbocycles. The van der Waals surface area contributed by atoms with Gasteiger partial charge in [-0.05, 0) is 36.8 Å². The van der Waals surface area contributed by atoms with Gasteiger partial charge < -0.3 is 0 Å². The topological polar surface area (TPSA) is 50.2 Å². The monoisotopic (exact) mass is 353 g/mol. The maximum atomic E-state index is 14.1. The number of halogens is 2. The number of nitrogens with zero attached hydrogens (tertiary/aromatic N) is 2. The largest absolute Gasteiger partial charge is 0.293 e. The Bertz CT molecular complexity index is 1150. The van der Waals surface area contributed by atoms with Crippen molar-refractivity contribution in [2.45, 2.75) is 6.92 Å². The summed E-state index contributed by atoms with van der Waals surface area (Å²) in [5.41, 5.74) is 3.19. The molecule has 0 aliphatic rings. The van der Waals surface area contributed by atoms with Gasteiger partial charge in [0.15, 0.2) is 5.65 Å². The van der Waals surface area contributed by atoms with Crippen LogP contribution in [0.1, 0.15) is 5.69 Å². The van der Waals surface area contributed by atoms with Crippen LogP contribution >= 0.6 is 11.6 Å². The Morgan fingerprint density at radius 3 is 2.56 bits per heavy atom. The first kappa shape index (κ1) is 15.6. The molecule has 0 amide bonds. The van der Waals surface area contributed by atoms with E-state index in [2.05, 4.69) is 10.1 Å². The molecule has 2 heterocycles. The van der Waals surface area contributed by atoms with Gasteiger partial charge >= 0.3 is 0 Å². The van der Waals surface area contributed by atoms with Gasteiger partial charge in [0.1, 0.15) is 5.82 Å². The third kappa shape index (κ3) is 2.62. The first-order valence-electron chi connectivity index (χ1n) is 7.68. The first-order chi connectivity index (χ1) is 12.0. The number of aromatic nitrogens is 3. The maximum absolute atomic E-state index is 14.1. The number of hydrogen-bond donors (Lipinski definition) is 1. The third-order valence-electron chi connectivity index (χ3n) is 4.08. The summed E-state index contributed by atoms with van der Waals surface area (Å²) in [5.74, 6) is -0.418. The lowest BCUT2D eigenvalue weighted by Gasteiger charge is -2.04. The van der Waals surface area contributed by atoms with E-state index >= 15 is 0 Å².